The zero-order chi connectivity index (χ0) is 6.78. The number of hydrogen-bond acceptors (Lipinski definition) is 4. The fourth-order valence-electron chi connectivity index (χ4n) is 0.224. The van der Waals surface area contributed by atoms with Crippen LogP contribution >= 0.6 is 7.60 Å². The Morgan fingerprint density at radius 1 is 1.50 bits per heavy atom. The maximum Gasteiger partial charge on any atom is 1.00 e. The molecule has 0 aromatic carbocycles. The molecule has 7 heteroatoms. The van der Waals surface area contributed by atoms with Crippen LogP contribution in [0.5, 0.6) is 0 Å². The van der Waals surface area contributed by atoms with Crippen LogP contribution in [0.25, 0.3) is 0 Å². The summed E-state index contributed by atoms with van der Waals surface area (Å²) in [4.78, 5) is 19.8. The van der Waals surface area contributed by atoms with Crippen LogP contribution in [0.15, 0.2) is 0 Å². The third-order valence-corrected chi connectivity index (χ3v) is 2.00. The summed E-state index contributed by atoms with van der Waals surface area (Å²) in [6.45, 7) is 1.55. The Bertz CT molecular complexity index is 116. The molecule has 10 heavy (non-hydrogen) atoms. The SMILES string of the molecule is CCC(N)P(=O)([O-])[O-].[K+].[K+]. The van der Waals surface area contributed by atoms with E-state index in [-0.39, 0.29) is 109 Å². The van der Waals surface area contributed by atoms with Crippen molar-refractivity contribution < 1.29 is 117 Å². The quantitative estimate of drug-likeness (QED) is 0.366. The summed E-state index contributed by atoms with van der Waals surface area (Å²) >= 11 is 0. The first-order valence-corrected chi connectivity index (χ1v) is 3.87. The average Bonchev–Trinajstić information content (AvgIpc) is 1.62. The topological polar surface area (TPSA) is 89.2 Å². The normalized spacial score (nSPS) is 12.8. The van der Waals surface area contributed by atoms with Crippen molar-refractivity contribution in [3.8, 4) is 0 Å². The Balaban J connectivity index is -0.000000245. The van der Waals surface area contributed by atoms with Crippen molar-refractivity contribution >= 4 is 7.60 Å². The predicted molar refractivity (Wildman–Crippen MR) is 25.9 cm³/mol. The maximum absolute atomic E-state index is 9.91. The van der Waals surface area contributed by atoms with Gasteiger partial charge in [0, 0.05) is 5.78 Å². The van der Waals surface area contributed by atoms with Crippen LogP contribution in [0.2, 0.25) is 0 Å². The third-order valence-electron chi connectivity index (χ3n) is 0.824. The van der Waals surface area contributed by atoms with E-state index in [1.165, 1.54) is 0 Å². The van der Waals surface area contributed by atoms with Gasteiger partial charge in [0.15, 0.2) is 0 Å². The van der Waals surface area contributed by atoms with E-state index in [2.05, 4.69) is 0 Å². The van der Waals surface area contributed by atoms with Crippen LogP contribution in [0.4, 0.5) is 0 Å². The van der Waals surface area contributed by atoms with Crippen LogP contribution in [-0.4, -0.2) is 5.78 Å². The number of nitrogens with two attached hydrogens (primary N) is 1. The maximum atomic E-state index is 9.91. The average molecular weight is 215 g/mol. The monoisotopic (exact) mass is 215 g/mol. The minimum Gasteiger partial charge on any atom is -0.810 e. The molecule has 0 rings (SSSR count). The molecule has 2 N–H and O–H groups in total. The fourth-order valence-corrected chi connectivity index (χ4v) is 0.671. The summed E-state index contributed by atoms with van der Waals surface area (Å²) in [5, 5.41) is 0. The summed E-state index contributed by atoms with van der Waals surface area (Å²) in [5.41, 5.74) is 4.86. The van der Waals surface area contributed by atoms with E-state index in [9.17, 15) is 14.4 Å². The van der Waals surface area contributed by atoms with Gasteiger partial charge in [0.05, 0.1) is 0 Å². The molecule has 0 amide bonds. The van der Waals surface area contributed by atoms with E-state index < -0.39 is 13.4 Å². The minimum absolute atomic E-state index is 0. The van der Waals surface area contributed by atoms with Gasteiger partial charge in [-0.3, -0.25) is 0 Å². The zero-order valence-electron chi connectivity index (χ0n) is 6.53. The van der Waals surface area contributed by atoms with Crippen molar-refractivity contribution in [1.82, 2.24) is 0 Å². The molecule has 0 radical (unpaired) electrons. The van der Waals surface area contributed by atoms with Gasteiger partial charge in [0.1, 0.15) is 0 Å². The summed E-state index contributed by atoms with van der Waals surface area (Å²) in [5.74, 6) is -1.21. The molecule has 0 heterocycles. The van der Waals surface area contributed by atoms with E-state index in [0.29, 0.717) is 0 Å². The van der Waals surface area contributed by atoms with Gasteiger partial charge in [-0.1, -0.05) is 14.5 Å². The molecule has 0 aromatic heterocycles. The van der Waals surface area contributed by atoms with Gasteiger partial charge in [-0.05, 0) is 6.42 Å². The van der Waals surface area contributed by atoms with Gasteiger partial charge in [-0.2, -0.15) is 0 Å². The second-order valence-electron chi connectivity index (χ2n) is 1.52. The van der Waals surface area contributed by atoms with Crippen LogP contribution in [0.3, 0.4) is 0 Å². The molecule has 1 unspecified atom stereocenters. The molecule has 0 saturated carbocycles. The number of rotatable bonds is 2. The Morgan fingerprint density at radius 3 is 1.80 bits per heavy atom. The van der Waals surface area contributed by atoms with Gasteiger partial charge >= 0.3 is 103 Å². The second-order valence-corrected chi connectivity index (χ2v) is 3.26. The standard InChI is InChI=1S/C3H10NO3P.2K/c1-2-3(4)8(5,6)7;;/h3H,2,4H2,1H3,(H2,5,6,7);;/q;2*+1/p-2. The molecule has 0 saturated heterocycles. The van der Waals surface area contributed by atoms with E-state index in [4.69, 9.17) is 5.73 Å². The van der Waals surface area contributed by atoms with Crippen LogP contribution in [0, 0.1) is 0 Å². The van der Waals surface area contributed by atoms with Crippen molar-refractivity contribution in [3.63, 3.8) is 0 Å². The summed E-state index contributed by atoms with van der Waals surface area (Å²) in [6, 6.07) is 0. The van der Waals surface area contributed by atoms with Crippen LogP contribution in [-0.2, 0) is 4.57 Å². The molecule has 0 spiro atoms. The minimum atomic E-state index is -4.48. The first kappa shape index (κ1) is 19.0. The van der Waals surface area contributed by atoms with E-state index >= 15 is 0 Å². The van der Waals surface area contributed by atoms with E-state index in [1.807, 2.05) is 0 Å². The Labute approximate surface area is 146 Å². The van der Waals surface area contributed by atoms with E-state index in [0.717, 1.165) is 0 Å². The fraction of sp³-hybridized carbons (Fsp3) is 1.00. The van der Waals surface area contributed by atoms with E-state index in [1.54, 1.807) is 6.92 Å². The molecule has 0 fully saturated rings. The number of hydrogen-bond donors (Lipinski definition) is 1. The van der Waals surface area contributed by atoms with Gasteiger partial charge in [-0.15, -0.1) is 0 Å². The Hall–Kier alpha value is 3.38. The smallest absolute Gasteiger partial charge is 0.810 e. The molecule has 0 bridgehead atoms. The van der Waals surface area contributed by atoms with Crippen molar-refractivity contribution in [2.75, 3.05) is 0 Å². The van der Waals surface area contributed by atoms with Gasteiger partial charge < -0.3 is 20.1 Å². The summed E-state index contributed by atoms with van der Waals surface area (Å²) in [6.07, 6.45) is 0.185. The third kappa shape index (κ3) is 9.47. The molecule has 4 nitrogen and oxygen atoms in total. The first-order chi connectivity index (χ1) is 3.48. The Morgan fingerprint density at radius 2 is 1.80 bits per heavy atom. The first-order valence-electron chi connectivity index (χ1n) is 2.25. The molecule has 1 atom stereocenters. The molecule has 0 aliphatic rings. The molecule has 50 valence electrons. The van der Waals surface area contributed by atoms with Gasteiger partial charge in [0.25, 0.3) is 0 Å². The molecule has 0 aromatic rings. The Kier molecular flexibility index (Phi) is 17.1. The molecule has 0 aliphatic heterocycles. The predicted octanol–water partition coefficient (Wildman–Crippen LogP) is -7.40. The van der Waals surface area contributed by atoms with Crippen molar-refractivity contribution in [3.05, 3.63) is 0 Å². The largest absolute Gasteiger partial charge is 1.00 e. The molecular formula is C3H8K2NO3P. The van der Waals surface area contributed by atoms with Crippen molar-refractivity contribution in [2.24, 2.45) is 5.73 Å². The van der Waals surface area contributed by atoms with Crippen molar-refractivity contribution in [1.29, 1.82) is 0 Å². The summed E-state index contributed by atoms with van der Waals surface area (Å²) in [7, 11) is -4.48. The van der Waals surface area contributed by atoms with Crippen LogP contribution in [0.1, 0.15) is 13.3 Å². The van der Waals surface area contributed by atoms with Gasteiger partial charge in [-0.25, -0.2) is 0 Å². The second kappa shape index (κ2) is 8.96. The van der Waals surface area contributed by atoms with Crippen molar-refractivity contribution in [2.45, 2.75) is 19.1 Å². The van der Waals surface area contributed by atoms with Crippen LogP contribution < -0.4 is 118 Å². The molecule has 0 aliphatic carbocycles. The summed E-state index contributed by atoms with van der Waals surface area (Å²) < 4.78 is 9.91. The van der Waals surface area contributed by atoms with Gasteiger partial charge in [0.2, 0.25) is 0 Å². The zero-order valence-corrected chi connectivity index (χ0v) is 13.7. The molecular weight excluding hydrogens is 207 g/mol.